The molecule has 26 heavy (non-hydrogen) atoms. The van der Waals surface area contributed by atoms with Crippen molar-refractivity contribution in [2.45, 2.75) is 32.1 Å². The molecule has 5 heteroatoms. The van der Waals surface area contributed by atoms with Gasteiger partial charge in [0.2, 0.25) is 5.91 Å². The molecule has 1 fully saturated rings. The molecule has 2 aromatic rings. The van der Waals surface area contributed by atoms with E-state index in [4.69, 9.17) is 4.74 Å². The quantitative estimate of drug-likeness (QED) is 0.811. The minimum Gasteiger partial charge on any atom is -0.494 e. The predicted octanol–water partition coefficient (Wildman–Crippen LogP) is 4.00. The lowest BCUT2D eigenvalue weighted by atomic mass is 9.92. The lowest BCUT2D eigenvalue weighted by molar-refractivity contribution is -0.120. The van der Waals surface area contributed by atoms with Crippen molar-refractivity contribution in [1.29, 1.82) is 0 Å². The zero-order valence-electron chi connectivity index (χ0n) is 15.0. The molecule has 2 aromatic carbocycles. The van der Waals surface area contributed by atoms with Gasteiger partial charge in [-0.05, 0) is 48.6 Å². The highest BCUT2D eigenvalue weighted by atomic mass is 19.1. The summed E-state index contributed by atoms with van der Waals surface area (Å²) in [5.41, 5.74) is 0.927. The van der Waals surface area contributed by atoms with Crippen molar-refractivity contribution in [3.8, 4) is 5.75 Å². The third kappa shape index (κ3) is 3.87. The van der Waals surface area contributed by atoms with Gasteiger partial charge in [0.05, 0.1) is 13.0 Å². The molecular formula is C21H23F2NO2. The standard InChI is InChI=1S/C21H23F2NO2/c1-3-26-17-7-4-15(5-8-17)10-20(25)24-13-21(12-14(21)2)18-9-6-16(22)11-19(18)23/h4-9,11,14H,3,10,12-13H2,1-2H3,(H,24,25). The third-order valence-corrected chi connectivity index (χ3v) is 5.12. The summed E-state index contributed by atoms with van der Waals surface area (Å²) >= 11 is 0. The summed E-state index contributed by atoms with van der Waals surface area (Å²) in [6, 6.07) is 11.1. The molecule has 0 saturated heterocycles. The second-order valence-electron chi connectivity index (χ2n) is 6.92. The average molecular weight is 359 g/mol. The van der Waals surface area contributed by atoms with Crippen LogP contribution in [0.1, 0.15) is 31.4 Å². The van der Waals surface area contributed by atoms with E-state index in [0.29, 0.717) is 18.7 Å². The van der Waals surface area contributed by atoms with Crippen molar-refractivity contribution in [2.75, 3.05) is 13.2 Å². The van der Waals surface area contributed by atoms with Gasteiger partial charge in [-0.2, -0.15) is 0 Å². The van der Waals surface area contributed by atoms with Gasteiger partial charge in [0, 0.05) is 18.0 Å². The van der Waals surface area contributed by atoms with Crippen molar-refractivity contribution in [3.05, 3.63) is 65.2 Å². The van der Waals surface area contributed by atoms with Crippen LogP contribution in [0.2, 0.25) is 0 Å². The van der Waals surface area contributed by atoms with E-state index in [1.807, 2.05) is 38.1 Å². The Hall–Kier alpha value is -2.43. The molecule has 3 rings (SSSR count). The minimum absolute atomic E-state index is 0.116. The Kier molecular flexibility index (Phi) is 5.25. The Bertz CT molecular complexity index is 791. The molecule has 138 valence electrons. The van der Waals surface area contributed by atoms with E-state index in [-0.39, 0.29) is 18.2 Å². The largest absolute Gasteiger partial charge is 0.494 e. The molecule has 0 radical (unpaired) electrons. The van der Waals surface area contributed by atoms with Crippen LogP contribution in [-0.2, 0) is 16.6 Å². The van der Waals surface area contributed by atoms with E-state index >= 15 is 0 Å². The molecule has 0 aromatic heterocycles. The van der Waals surface area contributed by atoms with Crippen LogP contribution in [0.25, 0.3) is 0 Å². The van der Waals surface area contributed by atoms with E-state index in [1.165, 1.54) is 12.1 Å². The van der Waals surface area contributed by atoms with Gasteiger partial charge in [0.15, 0.2) is 0 Å². The summed E-state index contributed by atoms with van der Waals surface area (Å²) < 4.78 is 32.7. The summed E-state index contributed by atoms with van der Waals surface area (Å²) in [6.07, 6.45) is 1.03. The summed E-state index contributed by atoms with van der Waals surface area (Å²) in [7, 11) is 0. The lowest BCUT2D eigenvalue weighted by Gasteiger charge is -2.19. The number of benzene rings is 2. The Morgan fingerprint density at radius 1 is 1.23 bits per heavy atom. The molecule has 1 aliphatic rings. The Morgan fingerprint density at radius 3 is 2.50 bits per heavy atom. The van der Waals surface area contributed by atoms with E-state index in [9.17, 15) is 13.6 Å². The summed E-state index contributed by atoms with van der Waals surface area (Å²) in [5.74, 6) is -0.234. The van der Waals surface area contributed by atoms with E-state index in [1.54, 1.807) is 0 Å². The first-order chi connectivity index (χ1) is 12.4. The molecule has 0 heterocycles. The number of hydrogen-bond donors (Lipinski definition) is 1. The molecule has 0 aliphatic heterocycles. The molecule has 2 unspecified atom stereocenters. The van der Waals surface area contributed by atoms with Gasteiger partial charge < -0.3 is 10.1 Å². The number of carbonyl (C=O) groups excluding carboxylic acids is 1. The highest BCUT2D eigenvalue weighted by molar-refractivity contribution is 5.78. The zero-order valence-corrected chi connectivity index (χ0v) is 15.0. The Morgan fingerprint density at radius 2 is 1.92 bits per heavy atom. The van der Waals surface area contributed by atoms with E-state index in [2.05, 4.69) is 5.32 Å². The summed E-state index contributed by atoms with van der Waals surface area (Å²) in [6.45, 7) is 4.88. The van der Waals surface area contributed by atoms with Crippen LogP contribution in [0.5, 0.6) is 5.75 Å². The van der Waals surface area contributed by atoms with Gasteiger partial charge in [0.1, 0.15) is 17.4 Å². The second kappa shape index (κ2) is 7.44. The minimum atomic E-state index is -0.589. The van der Waals surface area contributed by atoms with Crippen molar-refractivity contribution in [2.24, 2.45) is 5.92 Å². The summed E-state index contributed by atoms with van der Waals surface area (Å²) in [4.78, 5) is 12.3. The van der Waals surface area contributed by atoms with Crippen molar-refractivity contribution in [3.63, 3.8) is 0 Å². The number of halogens is 2. The van der Waals surface area contributed by atoms with Crippen LogP contribution in [-0.4, -0.2) is 19.1 Å². The zero-order chi connectivity index (χ0) is 18.7. The molecule has 3 nitrogen and oxygen atoms in total. The van der Waals surface area contributed by atoms with Crippen molar-refractivity contribution < 1.29 is 18.3 Å². The first kappa shape index (κ1) is 18.4. The molecule has 1 amide bonds. The third-order valence-electron chi connectivity index (χ3n) is 5.12. The highest BCUT2D eigenvalue weighted by Gasteiger charge is 2.53. The maximum absolute atomic E-state index is 14.2. The van der Waals surface area contributed by atoms with Crippen molar-refractivity contribution in [1.82, 2.24) is 5.32 Å². The van der Waals surface area contributed by atoms with Crippen LogP contribution in [0, 0.1) is 17.6 Å². The monoisotopic (exact) mass is 359 g/mol. The SMILES string of the molecule is CCOc1ccc(CC(=O)NCC2(c3ccc(F)cc3F)CC2C)cc1. The molecule has 0 spiro atoms. The summed E-state index contributed by atoms with van der Waals surface area (Å²) in [5, 5.41) is 2.91. The molecular weight excluding hydrogens is 336 g/mol. The fourth-order valence-electron chi connectivity index (χ4n) is 3.47. The van der Waals surface area contributed by atoms with Crippen molar-refractivity contribution >= 4 is 5.91 Å². The average Bonchev–Trinajstić information content (AvgIpc) is 3.26. The van der Waals surface area contributed by atoms with Gasteiger partial charge in [-0.1, -0.05) is 25.1 Å². The molecule has 2 atom stereocenters. The van der Waals surface area contributed by atoms with Crippen LogP contribution in [0.3, 0.4) is 0 Å². The van der Waals surface area contributed by atoms with E-state index in [0.717, 1.165) is 23.8 Å². The Labute approximate surface area is 152 Å². The van der Waals surface area contributed by atoms with Gasteiger partial charge in [0.25, 0.3) is 0 Å². The van der Waals surface area contributed by atoms with Crippen LogP contribution in [0.4, 0.5) is 8.78 Å². The smallest absolute Gasteiger partial charge is 0.224 e. The van der Waals surface area contributed by atoms with Gasteiger partial charge in [-0.25, -0.2) is 8.78 Å². The van der Waals surface area contributed by atoms with Gasteiger partial charge in [-0.3, -0.25) is 4.79 Å². The number of ether oxygens (including phenoxy) is 1. The van der Waals surface area contributed by atoms with Gasteiger partial charge in [-0.15, -0.1) is 0 Å². The van der Waals surface area contributed by atoms with Crippen LogP contribution in [0.15, 0.2) is 42.5 Å². The first-order valence-corrected chi connectivity index (χ1v) is 8.88. The van der Waals surface area contributed by atoms with Crippen LogP contribution >= 0.6 is 0 Å². The molecule has 1 saturated carbocycles. The first-order valence-electron chi connectivity index (χ1n) is 8.88. The number of rotatable bonds is 7. The normalized spacial score (nSPS) is 21.3. The maximum atomic E-state index is 14.2. The predicted molar refractivity (Wildman–Crippen MR) is 96.1 cm³/mol. The number of carbonyl (C=O) groups is 1. The van der Waals surface area contributed by atoms with Gasteiger partial charge >= 0.3 is 0 Å². The number of amides is 1. The number of hydrogen-bond acceptors (Lipinski definition) is 2. The fraction of sp³-hybridized carbons (Fsp3) is 0.381. The van der Waals surface area contributed by atoms with E-state index < -0.39 is 17.0 Å². The lowest BCUT2D eigenvalue weighted by Crippen LogP contribution is -2.34. The Balaban J connectivity index is 1.61. The van der Waals surface area contributed by atoms with Crippen LogP contribution < -0.4 is 10.1 Å². The highest BCUT2D eigenvalue weighted by Crippen LogP contribution is 2.54. The number of nitrogens with one attached hydrogen (secondary N) is 1. The molecule has 1 aliphatic carbocycles. The second-order valence-corrected chi connectivity index (χ2v) is 6.92. The topological polar surface area (TPSA) is 38.3 Å². The maximum Gasteiger partial charge on any atom is 0.224 e. The fourth-order valence-corrected chi connectivity index (χ4v) is 3.47. The molecule has 0 bridgehead atoms. The molecule has 1 N–H and O–H groups in total.